The molecule has 6 heteroatoms. The van der Waals surface area contributed by atoms with Crippen LogP contribution in [0.3, 0.4) is 0 Å². The van der Waals surface area contributed by atoms with Gasteiger partial charge in [0.2, 0.25) is 11.8 Å². The van der Waals surface area contributed by atoms with E-state index in [1.54, 1.807) is 35.9 Å². The second-order valence-electron chi connectivity index (χ2n) is 3.68. The summed E-state index contributed by atoms with van der Waals surface area (Å²) < 4.78 is 0. The Bertz CT molecular complexity index is 505. The highest BCUT2D eigenvalue weighted by Gasteiger charge is 2.17. The summed E-state index contributed by atoms with van der Waals surface area (Å²) in [4.78, 5) is 24.6. The highest BCUT2D eigenvalue weighted by atomic mass is 35.5. The highest BCUT2D eigenvalue weighted by molar-refractivity contribution is 8.02. The predicted molar refractivity (Wildman–Crippen MR) is 73.4 cm³/mol. The second kappa shape index (κ2) is 5.93. The third-order valence-electron chi connectivity index (χ3n) is 2.29. The van der Waals surface area contributed by atoms with Crippen molar-refractivity contribution in [2.75, 3.05) is 17.6 Å². The van der Waals surface area contributed by atoms with E-state index in [-0.39, 0.29) is 18.4 Å². The summed E-state index contributed by atoms with van der Waals surface area (Å²) in [6.07, 6.45) is 1.62. The first-order valence-corrected chi connectivity index (χ1v) is 6.71. The van der Waals surface area contributed by atoms with Crippen LogP contribution in [-0.2, 0) is 9.59 Å². The molecule has 0 aromatic heterocycles. The van der Waals surface area contributed by atoms with Crippen LogP contribution in [0.15, 0.2) is 35.9 Å². The van der Waals surface area contributed by atoms with Crippen LogP contribution in [0.5, 0.6) is 0 Å². The minimum Gasteiger partial charge on any atom is -0.324 e. The van der Waals surface area contributed by atoms with Gasteiger partial charge in [-0.2, -0.15) is 0 Å². The number of nitrogens with one attached hydrogen (secondary N) is 1. The molecule has 0 unspecified atom stereocenters. The molecule has 94 valence electrons. The van der Waals surface area contributed by atoms with Gasteiger partial charge in [0.1, 0.15) is 6.54 Å². The van der Waals surface area contributed by atoms with E-state index < -0.39 is 0 Å². The Labute approximate surface area is 114 Å². The fourth-order valence-corrected chi connectivity index (χ4v) is 2.29. The minimum absolute atomic E-state index is 0.0163. The summed E-state index contributed by atoms with van der Waals surface area (Å²) in [6, 6.07) is 6.88. The molecular weight excluding hydrogens is 272 g/mol. The number of rotatable bonds is 3. The molecule has 1 aromatic rings. The number of hydrogen-bond donors (Lipinski definition) is 1. The van der Waals surface area contributed by atoms with E-state index in [0.29, 0.717) is 16.5 Å². The van der Waals surface area contributed by atoms with Crippen molar-refractivity contribution < 1.29 is 9.59 Å². The molecular formula is C12H11ClN2O2S. The van der Waals surface area contributed by atoms with E-state index in [0.717, 1.165) is 0 Å². The van der Waals surface area contributed by atoms with Crippen molar-refractivity contribution in [3.05, 3.63) is 40.9 Å². The van der Waals surface area contributed by atoms with Crippen LogP contribution in [0.2, 0.25) is 5.02 Å². The van der Waals surface area contributed by atoms with E-state index in [4.69, 9.17) is 11.6 Å². The number of benzene rings is 1. The number of carbonyl (C=O) groups is 2. The Morgan fingerprint density at radius 1 is 1.50 bits per heavy atom. The lowest BCUT2D eigenvalue weighted by Crippen LogP contribution is -2.36. The number of hydrogen-bond acceptors (Lipinski definition) is 3. The van der Waals surface area contributed by atoms with E-state index >= 15 is 0 Å². The normalized spacial score (nSPS) is 14.7. The lowest BCUT2D eigenvalue weighted by Gasteiger charge is -2.20. The van der Waals surface area contributed by atoms with Gasteiger partial charge < -0.3 is 10.2 Å². The highest BCUT2D eigenvalue weighted by Crippen LogP contribution is 2.15. The van der Waals surface area contributed by atoms with Crippen LogP contribution in [-0.4, -0.2) is 29.0 Å². The Hall–Kier alpha value is -1.46. The second-order valence-corrected chi connectivity index (χ2v) is 5.01. The molecule has 0 radical (unpaired) electrons. The summed E-state index contributed by atoms with van der Waals surface area (Å²) in [5, 5.41) is 5.05. The molecule has 1 N–H and O–H groups in total. The molecule has 2 rings (SSSR count). The van der Waals surface area contributed by atoms with Crippen molar-refractivity contribution in [2.24, 2.45) is 0 Å². The molecule has 1 heterocycles. The number of thioether (sulfide) groups is 1. The molecule has 0 aliphatic carbocycles. The van der Waals surface area contributed by atoms with Crippen LogP contribution in [0.4, 0.5) is 5.69 Å². The lowest BCUT2D eigenvalue weighted by atomic mass is 10.3. The molecule has 0 atom stereocenters. The Morgan fingerprint density at radius 3 is 3.06 bits per heavy atom. The van der Waals surface area contributed by atoms with Gasteiger partial charge in [-0.1, -0.05) is 17.7 Å². The summed E-state index contributed by atoms with van der Waals surface area (Å²) in [5.74, 6) is 0.0620. The first kappa shape index (κ1) is 13.0. The van der Waals surface area contributed by atoms with Gasteiger partial charge in [0.05, 0.1) is 5.75 Å². The average molecular weight is 283 g/mol. The SMILES string of the molecule is O=C(CN1C=CSCC1=O)Nc1cccc(Cl)c1. The molecule has 0 fully saturated rings. The van der Waals surface area contributed by atoms with Crippen molar-refractivity contribution in [2.45, 2.75) is 0 Å². The quantitative estimate of drug-likeness (QED) is 0.926. The summed E-state index contributed by atoms with van der Waals surface area (Å²) >= 11 is 7.23. The standard InChI is InChI=1S/C12H11ClN2O2S/c13-9-2-1-3-10(6-9)14-11(16)7-15-4-5-18-8-12(15)17/h1-6H,7-8H2,(H,14,16). The van der Waals surface area contributed by atoms with Gasteiger partial charge in [0.25, 0.3) is 0 Å². The molecule has 1 aromatic carbocycles. The number of amides is 2. The smallest absolute Gasteiger partial charge is 0.244 e. The molecule has 0 spiro atoms. The number of nitrogens with zero attached hydrogens (tertiary/aromatic N) is 1. The Balaban J connectivity index is 1.94. The third kappa shape index (κ3) is 3.51. The van der Waals surface area contributed by atoms with Crippen molar-refractivity contribution in [3.8, 4) is 0 Å². The maximum absolute atomic E-state index is 11.7. The molecule has 18 heavy (non-hydrogen) atoms. The van der Waals surface area contributed by atoms with Crippen LogP contribution in [0, 0.1) is 0 Å². The van der Waals surface area contributed by atoms with Gasteiger partial charge in [0, 0.05) is 16.9 Å². The molecule has 1 aliphatic heterocycles. The zero-order chi connectivity index (χ0) is 13.0. The van der Waals surface area contributed by atoms with Crippen LogP contribution >= 0.6 is 23.4 Å². The van der Waals surface area contributed by atoms with Gasteiger partial charge in [0.15, 0.2) is 0 Å². The summed E-state index contributed by atoms with van der Waals surface area (Å²) in [7, 11) is 0. The van der Waals surface area contributed by atoms with Crippen molar-refractivity contribution >= 4 is 40.9 Å². The first-order chi connectivity index (χ1) is 8.65. The van der Waals surface area contributed by atoms with Crippen molar-refractivity contribution in [1.82, 2.24) is 4.90 Å². The van der Waals surface area contributed by atoms with Gasteiger partial charge in [-0.25, -0.2) is 0 Å². The lowest BCUT2D eigenvalue weighted by molar-refractivity contribution is -0.129. The fraction of sp³-hybridized carbons (Fsp3) is 0.167. The topological polar surface area (TPSA) is 49.4 Å². The number of anilines is 1. The maximum atomic E-state index is 11.7. The summed E-state index contributed by atoms with van der Waals surface area (Å²) in [5.41, 5.74) is 0.621. The molecule has 2 amide bonds. The molecule has 0 bridgehead atoms. The largest absolute Gasteiger partial charge is 0.324 e. The first-order valence-electron chi connectivity index (χ1n) is 5.28. The number of carbonyl (C=O) groups excluding carboxylic acids is 2. The molecule has 0 saturated heterocycles. The minimum atomic E-state index is -0.248. The summed E-state index contributed by atoms with van der Waals surface area (Å²) in [6.45, 7) is 0.0163. The maximum Gasteiger partial charge on any atom is 0.244 e. The van der Waals surface area contributed by atoms with Crippen LogP contribution in [0.1, 0.15) is 0 Å². The van der Waals surface area contributed by atoms with E-state index in [2.05, 4.69) is 5.32 Å². The van der Waals surface area contributed by atoms with E-state index in [9.17, 15) is 9.59 Å². The third-order valence-corrected chi connectivity index (χ3v) is 3.25. The van der Waals surface area contributed by atoms with Crippen LogP contribution in [0.25, 0.3) is 0 Å². The van der Waals surface area contributed by atoms with Gasteiger partial charge >= 0.3 is 0 Å². The number of halogens is 1. The molecule has 4 nitrogen and oxygen atoms in total. The molecule has 1 aliphatic rings. The van der Waals surface area contributed by atoms with Gasteiger partial charge in [-0.3, -0.25) is 9.59 Å². The zero-order valence-corrected chi connectivity index (χ0v) is 11.0. The van der Waals surface area contributed by atoms with Gasteiger partial charge in [-0.15, -0.1) is 11.8 Å². The van der Waals surface area contributed by atoms with Gasteiger partial charge in [-0.05, 0) is 23.6 Å². The molecule has 0 saturated carbocycles. The van der Waals surface area contributed by atoms with E-state index in [1.807, 2.05) is 0 Å². The van der Waals surface area contributed by atoms with E-state index in [1.165, 1.54) is 16.7 Å². The monoisotopic (exact) mass is 282 g/mol. The fourth-order valence-electron chi connectivity index (χ4n) is 1.46. The predicted octanol–water partition coefficient (Wildman–Crippen LogP) is 2.33. The van der Waals surface area contributed by atoms with Crippen LogP contribution < -0.4 is 5.32 Å². The Kier molecular flexibility index (Phi) is 4.28. The van der Waals surface area contributed by atoms with Crippen molar-refractivity contribution in [1.29, 1.82) is 0 Å². The Morgan fingerprint density at radius 2 is 2.33 bits per heavy atom. The average Bonchev–Trinajstić information content (AvgIpc) is 2.32. The zero-order valence-electron chi connectivity index (χ0n) is 9.43. The van der Waals surface area contributed by atoms with Crippen molar-refractivity contribution in [3.63, 3.8) is 0 Å².